The first-order valence-electron chi connectivity index (χ1n) is 5.80. The fraction of sp³-hybridized carbons (Fsp3) is 0.455. The van der Waals surface area contributed by atoms with E-state index in [9.17, 15) is 9.59 Å². The number of hydrogen-bond donors (Lipinski definition) is 1. The van der Waals surface area contributed by atoms with Crippen LogP contribution in [0.25, 0.3) is 0 Å². The van der Waals surface area contributed by atoms with Gasteiger partial charge in [0.25, 0.3) is 0 Å². The maximum absolute atomic E-state index is 11.6. The summed E-state index contributed by atoms with van der Waals surface area (Å²) < 4.78 is 9.52. The van der Waals surface area contributed by atoms with Crippen LogP contribution in [0.5, 0.6) is 0 Å². The van der Waals surface area contributed by atoms with E-state index in [1.807, 2.05) is 0 Å². The highest BCUT2D eigenvalue weighted by Crippen LogP contribution is 2.22. The lowest BCUT2D eigenvalue weighted by atomic mass is 10.4. The van der Waals surface area contributed by atoms with E-state index in [2.05, 4.69) is 20.2 Å². The number of rotatable bonds is 6. The van der Waals surface area contributed by atoms with Crippen LogP contribution in [0, 0.1) is 6.92 Å². The number of aryl methyl sites for hydroxylation is 1. The van der Waals surface area contributed by atoms with Crippen molar-refractivity contribution in [3.8, 4) is 0 Å². The van der Waals surface area contributed by atoms with Crippen LogP contribution in [-0.2, 0) is 14.3 Å². The van der Waals surface area contributed by atoms with Gasteiger partial charge in [0.1, 0.15) is 0 Å². The SMILES string of the molecule is CCOC(=O)/C(Cl)=N/Nc1nc(C(=O)OCC)c(C)s1. The standard InChI is InChI=1S/C11H14ClN3O4S/c1-4-18-9(16)7-6(3)20-11(13-7)15-14-8(12)10(17)19-5-2/h4-5H2,1-3H3,(H,13,15)/b14-8-. The normalized spacial score (nSPS) is 11.1. The summed E-state index contributed by atoms with van der Waals surface area (Å²) in [6, 6.07) is 0. The van der Waals surface area contributed by atoms with Gasteiger partial charge in [-0.15, -0.1) is 0 Å². The van der Waals surface area contributed by atoms with E-state index in [4.69, 9.17) is 16.3 Å². The Bertz CT molecular complexity index is 530. The quantitative estimate of drug-likeness (QED) is 0.491. The molecule has 0 aliphatic heterocycles. The molecule has 0 bridgehead atoms. The number of halogens is 1. The van der Waals surface area contributed by atoms with Crippen molar-refractivity contribution in [1.29, 1.82) is 0 Å². The number of hydrogen-bond acceptors (Lipinski definition) is 8. The highest BCUT2D eigenvalue weighted by molar-refractivity contribution is 7.15. The molecule has 0 amide bonds. The minimum atomic E-state index is -0.736. The summed E-state index contributed by atoms with van der Waals surface area (Å²) in [6.07, 6.45) is 0. The Kier molecular flexibility index (Phi) is 6.40. The van der Waals surface area contributed by atoms with Gasteiger partial charge in [0.15, 0.2) is 5.69 Å². The van der Waals surface area contributed by atoms with Crippen LogP contribution in [0.1, 0.15) is 29.2 Å². The molecular formula is C11H14ClN3O4S. The van der Waals surface area contributed by atoms with E-state index in [0.29, 0.717) is 10.0 Å². The molecule has 1 aromatic rings. The fourth-order valence-corrected chi connectivity index (χ4v) is 2.01. The number of hydrazone groups is 1. The van der Waals surface area contributed by atoms with Crippen LogP contribution in [0.15, 0.2) is 5.10 Å². The molecule has 0 saturated heterocycles. The van der Waals surface area contributed by atoms with Crippen LogP contribution >= 0.6 is 22.9 Å². The van der Waals surface area contributed by atoms with Crippen LogP contribution in [0.3, 0.4) is 0 Å². The van der Waals surface area contributed by atoms with E-state index < -0.39 is 11.9 Å². The van der Waals surface area contributed by atoms with Gasteiger partial charge in [-0.2, -0.15) is 5.10 Å². The van der Waals surface area contributed by atoms with Crippen molar-refractivity contribution in [3.63, 3.8) is 0 Å². The summed E-state index contributed by atoms with van der Waals surface area (Å²) >= 11 is 6.81. The smallest absolute Gasteiger partial charge is 0.370 e. The van der Waals surface area contributed by atoms with Gasteiger partial charge in [-0.25, -0.2) is 14.6 Å². The molecule has 0 aliphatic rings. The summed E-state index contributed by atoms with van der Waals surface area (Å²) in [5.41, 5.74) is 2.71. The summed E-state index contributed by atoms with van der Waals surface area (Å²) in [5.74, 6) is -1.24. The van der Waals surface area contributed by atoms with Crippen molar-refractivity contribution in [2.45, 2.75) is 20.8 Å². The number of esters is 2. The molecule has 0 aromatic carbocycles. The largest absolute Gasteiger partial charge is 0.461 e. The van der Waals surface area contributed by atoms with E-state index in [1.165, 1.54) is 11.3 Å². The average molecular weight is 320 g/mol. The molecule has 1 aromatic heterocycles. The van der Waals surface area contributed by atoms with Crippen LogP contribution in [-0.4, -0.2) is 35.3 Å². The maximum Gasteiger partial charge on any atom is 0.370 e. The molecule has 110 valence electrons. The van der Waals surface area contributed by atoms with Gasteiger partial charge in [0.05, 0.1) is 13.2 Å². The Hall–Kier alpha value is -1.67. The lowest BCUT2D eigenvalue weighted by Gasteiger charge is -1.99. The number of ether oxygens (including phenoxy) is 2. The monoisotopic (exact) mass is 319 g/mol. The molecule has 1 rings (SSSR count). The molecule has 7 nitrogen and oxygen atoms in total. The summed E-state index contributed by atoms with van der Waals surface area (Å²) in [7, 11) is 0. The third-order valence-electron chi connectivity index (χ3n) is 1.96. The third kappa shape index (κ3) is 4.46. The first kappa shape index (κ1) is 16.4. The molecule has 0 aliphatic carbocycles. The highest BCUT2D eigenvalue weighted by atomic mass is 35.5. The number of thiazole rings is 1. The molecule has 0 fully saturated rings. The number of aromatic nitrogens is 1. The Labute approximate surface area is 124 Å². The second-order valence-electron chi connectivity index (χ2n) is 3.38. The fourth-order valence-electron chi connectivity index (χ4n) is 1.17. The molecule has 0 spiro atoms. The average Bonchev–Trinajstić information content (AvgIpc) is 2.78. The van der Waals surface area contributed by atoms with Gasteiger partial charge in [-0.1, -0.05) is 22.9 Å². The molecule has 0 saturated carbocycles. The summed E-state index contributed by atoms with van der Waals surface area (Å²) in [4.78, 5) is 27.5. The Balaban J connectivity index is 2.75. The van der Waals surface area contributed by atoms with Gasteiger partial charge in [0.2, 0.25) is 10.3 Å². The molecule has 1 N–H and O–H groups in total. The molecule has 1 heterocycles. The van der Waals surface area contributed by atoms with Gasteiger partial charge >= 0.3 is 11.9 Å². The van der Waals surface area contributed by atoms with Crippen molar-refractivity contribution < 1.29 is 19.1 Å². The predicted octanol–water partition coefficient (Wildman–Crippen LogP) is 2.16. The van der Waals surface area contributed by atoms with Crippen molar-refractivity contribution in [2.24, 2.45) is 5.10 Å². The zero-order valence-corrected chi connectivity index (χ0v) is 12.8. The maximum atomic E-state index is 11.6. The lowest BCUT2D eigenvalue weighted by Crippen LogP contribution is -2.13. The Morgan fingerprint density at radius 3 is 2.60 bits per heavy atom. The van der Waals surface area contributed by atoms with Crippen molar-refractivity contribution in [3.05, 3.63) is 10.6 Å². The number of nitrogens with one attached hydrogen (secondary N) is 1. The second kappa shape index (κ2) is 7.81. The lowest BCUT2D eigenvalue weighted by molar-refractivity contribution is -0.134. The molecular weight excluding hydrogens is 306 g/mol. The second-order valence-corrected chi connectivity index (χ2v) is 4.94. The molecule has 0 unspecified atom stereocenters. The number of nitrogens with zero attached hydrogens (tertiary/aromatic N) is 2. The number of carbonyl (C=O) groups is 2. The van der Waals surface area contributed by atoms with Crippen LogP contribution < -0.4 is 5.43 Å². The van der Waals surface area contributed by atoms with Crippen molar-refractivity contribution in [2.75, 3.05) is 18.6 Å². The van der Waals surface area contributed by atoms with Gasteiger partial charge < -0.3 is 9.47 Å². The third-order valence-corrected chi connectivity index (χ3v) is 3.07. The van der Waals surface area contributed by atoms with Gasteiger partial charge in [-0.3, -0.25) is 5.43 Å². The van der Waals surface area contributed by atoms with E-state index >= 15 is 0 Å². The zero-order chi connectivity index (χ0) is 15.1. The first-order chi connectivity index (χ1) is 9.49. The van der Waals surface area contributed by atoms with Crippen LogP contribution in [0.2, 0.25) is 0 Å². The van der Waals surface area contributed by atoms with Gasteiger partial charge in [-0.05, 0) is 20.8 Å². The zero-order valence-electron chi connectivity index (χ0n) is 11.2. The summed E-state index contributed by atoms with van der Waals surface area (Å²) in [5, 5.41) is 3.60. The topological polar surface area (TPSA) is 89.9 Å². The van der Waals surface area contributed by atoms with E-state index in [1.54, 1.807) is 20.8 Å². The Morgan fingerprint density at radius 1 is 1.35 bits per heavy atom. The van der Waals surface area contributed by atoms with E-state index in [0.717, 1.165) is 0 Å². The Morgan fingerprint density at radius 2 is 2.00 bits per heavy atom. The minimum Gasteiger partial charge on any atom is -0.461 e. The molecule has 20 heavy (non-hydrogen) atoms. The summed E-state index contributed by atoms with van der Waals surface area (Å²) in [6.45, 7) is 5.57. The van der Waals surface area contributed by atoms with Crippen molar-refractivity contribution in [1.82, 2.24) is 4.98 Å². The number of anilines is 1. The minimum absolute atomic E-state index is 0.202. The van der Waals surface area contributed by atoms with Crippen LogP contribution in [0.4, 0.5) is 5.13 Å². The van der Waals surface area contributed by atoms with E-state index in [-0.39, 0.29) is 24.1 Å². The molecule has 0 atom stereocenters. The highest BCUT2D eigenvalue weighted by Gasteiger charge is 2.16. The molecule has 9 heteroatoms. The predicted molar refractivity (Wildman–Crippen MR) is 76.4 cm³/mol. The number of carbonyl (C=O) groups excluding carboxylic acids is 2. The first-order valence-corrected chi connectivity index (χ1v) is 6.99. The molecule has 0 radical (unpaired) electrons. The van der Waals surface area contributed by atoms with Gasteiger partial charge in [0, 0.05) is 4.88 Å². The van der Waals surface area contributed by atoms with Crippen molar-refractivity contribution >= 4 is 45.2 Å².